The van der Waals surface area contributed by atoms with E-state index in [4.69, 9.17) is 0 Å². The zero-order valence-electron chi connectivity index (χ0n) is 15.2. The zero-order chi connectivity index (χ0) is 18.2. The fourth-order valence-corrected chi connectivity index (χ4v) is 2.90. The second-order valence-corrected chi connectivity index (χ2v) is 6.59. The van der Waals surface area contributed by atoms with Crippen molar-refractivity contribution in [2.75, 3.05) is 18.9 Å². The quantitative estimate of drug-likeness (QED) is 0.529. The van der Waals surface area contributed by atoms with E-state index in [1.54, 1.807) is 7.05 Å². The number of aromatic nitrogens is 1. The number of amides is 1. The highest BCUT2D eigenvalue weighted by Gasteiger charge is 2.25. The van der Waals surface area contributed by atoms with Crippen molar-refractivity contribution in [3.63, 3.8) is 0 Å². The van der Waals surface area contributed by atoms with Crippen molar-refractivity contribution in [2.45, 2.75) is 32.4 Å². The standard InChI is InChI=1S/C20H27N5O/c1-21-20(22-10-13-25-11-2-3-12-25)23-15-16-6-4-9-18(14-16)24-19(26)17-7-5-8-17/h2-4,6,9,11-12,14,17H,5,7-8,10,13,15H2,1H3,(H,24,26)(H2,21,22,23). The fourth-order valence-electron chi connectivity index (χ4n) is 2.90. The van der Waals surface area contributed by atoms with Crippen LogP contribution in [0.5, 0.6) is 0 Å². The number of carbonyl (C=O) groups is 1. The van der Waals surface area contributed by atoms with Crippen LogP contribution in [0.4, 0.5) is 5.69 Å². The molecule has 0 atom stereocenters. The Kier molecular flexibility index (Phi) is 6.30. The van der Waals surface area contributed by atoms with Gasteiger partial charge in [-0.2, -0.15) is 0 Å². The fraction of sp³-hybridized carbons (Fsp3) is 0.400. The average Bonchev–Trinajstić information content (AvgIpc) is 3.10. The predicted octanol–water partition coefficient (Wildman–Crippen LogP) is 2.59. The first kappa shape index (κ1) is 18.0. The monoisotopic (exact) mass is 353 g/mol. The highest BCUT2D eigenvalue weighted by molar-refractivity contribution is 5.93. The second-order valence-electron chi connectivity index (χ2n) is 6.59. The normalized spacial score (nSPS) is 14.6. The molecule has 0 aliphatic heterocycles. The molecule has 0 spiro atoms. The van der Waals surface area contributed by atoms with E-state index >= 15 is 0 Å². The van der Waals surface area contributed by atoms with Gasteiger partial charge >= 0.3 is 0 Å². The summed E-state index contributed by atoms with van der Waals surface area (Å²) >= 11 is 0. The van der Waals surface area contributed by atoms with Crippen LogP contribution in [0.2, 0.25) is 0 Å². The van der Waals surface area contributed by atoms with Gasteiger partial charge in [-0.25, -0.2) is 0 Å². The van der Waals surface area contributed by atoms with E-state index in [1.807, 2.05) is 48.8 Å². The molecule has 0 radical (unpaired) electrons. The number of rotatable bonds is 7. The Hall–Kier alpha value is -2.76. The Labute approximate surface area is 154 Å². The number of carbonyl (C=O) groups excluding carboxylic acids is 1. The SMILES string of the molecule is CN=C(NCCn1cccc1)NCc1cccc(NC(=O)C2CCC2)c1. The molecule has 0 bridgehead atoms. The van der Waals surface area contributed by atoms with Crippen LogP contribution < -0.4 is 16.0 Å². The lowest BCUT2D eigenvalue weighted by Crippen LogP contribution is -2.38. The van der Waals surface area contributed by atoms with Gasteiger partial charge in [0.1, 0.15) is 0 Å². The van der Waals surface area contributed by atoms with Gasteiger partial charge in [-0.05, 0) is 42.7 Å². The van der Waals surface area contributed by atoms with Crippen LogP contribution in [0.15, 0.2) is 53.8 Å². The first-order chi connectivity index (χ1) is 12.7. The number of hydrogen-bond acceptors (Lipinski definition) is 2. The molecule has 1 aromatic carbocycles. The largest absolute Gasteiger partial charge is 0.355 e. The minimum Gasteiger partial charge on any atom is -0.355 e. The topological polar surface area (TPSA) is 70.5 Å². The van der Waals surface area contributed by atoms with Crippen LogP contribution in [0.1, 0.15) is 24.8 Å². The molecule has 3 rings (SSSR count). The summed E-state index contributed by atoms with van der Waals surface area (Å²) in [5, 5.41) is 9.63. The Balaban J connectivity index is 1.45. The summed E-state index contributed by atoms with van der Waals surface area (Å²) in [7, 11) is 1.76. The smallest absolute Gasteiger partial charge is 0.227 e. The number of nitrogens with zero attached hydrogens (tertiary/aromatic N) is 2. The molecule has 2 aromatic rings. The maximum Gasteiger partial charge on any atom is 0.227 e. The Morgan fingerprint density at radius 2 is 2.00 bits per heavy atom. The van der Waals surface area contributed by atoms with E-state index in [1.165, 1.54) is 6.42 Å². The molecule has 1 saturated carbocycles. The zero-order valence-corrected chi connectivity index (χ0v) is 15.2. The van der Waals surface area contributed by atoms with E-state index in [9.17, 15) is 4.79 Å². The molecule has 26 heavy (non-hydrogen) atoms. The summed E-state index contributed by atoms with van der Waals surface area (Å²) in [6, 6.07) is 12.0. The van der Waals surface area contributed by atoms with Gasteiger partial charge < -0.3 is 20.5 Å². The molecule has 6 heteroatoms. The van der Waals surface area contributed by atoms with Crippen molar-refractivity contribution < 1.29 is 4.79 Å². The Morgan fingerprint density at radius 1 is 1.19 bits per heavy atom. The van der Waals surface area contributed by atoms with Crippen molar-refractivity contribution >= 4 is 17.6 Å². The number of aliphatic imine (C=N–C) groups is 1. The van der Waals surface area contributed by atoms with Crippen LogP contribution in [0, 0.1) is 5.92 Å². The lowest BCUT2D eigenvalue weighted by Gasteiger charge is -2.24. The van der Waals surface area contributed by atoms with Crippen LogP contribution in [-0.4, -0.2) is 30.0 Å². The molecule has 0 saturated heterocycles. The van der Waals surface area contributed by atoms with Crippen LogP contribution in [-0.2, 0) is 17.9 Å². The van der Waals surface area contributed by atoms with Crippen LogP contribution >= 0.6 is 0 Å². The van der Waals surface area contributed by atoms with Gasteiger partial charge in [0.05, 0.1) is 0 Å². The predicted molar refractivity (Wildman–Crippen MR) is 105 cm³/mol. The molecule has 6 nitrogen and oxygen atoms in total. The van der Waals surface area contributed by atoms with E-state index < -0.39 is 0 Å². The van der Waals surface area contributed by atoms with Crippen molar-refractivity contribution in [2.24, 2.45) is 10.9 Å². The molecular weight excluding hydrogens is 326 g/mol. The summed E-state index contributed by atoms with van der Waals surface area (Å²) < 4.78 is 2.12. The molecule has 1 heterocycles. The van der Waals surface area contributed by atoms with Gasteiger partial charge in [0.2, 0.25) is 5.91 Å². The van der Waals surface area contributed by atoms with E-state index in [0.717, 1.165) is 43.1 Å². The first-order valence-electron chi connectivity index (χ1n) is 9.19. The highest BCUT2D eigenvalue weighted by atomic mass is 16.1. The molecule has 1 aromatic heterocycles. The van der Waals surface area contributed by atoms with E-state index in [0.29, 0.717) is 6.54 Å². The molecular formula is C20H27N5O. The third-order valence-corrected chi connectivity index (χ3v) is 4.68. The number of nitrogens with one attached hydrogen (secondary N) is 3. The highest BCUT2D eigenvalue weighted by Crippen LogP contribution is 2.27. The minimum absolute atomic E-state index is 0.142. The molecule has 1 aliphatic rings. The number of benzene rings is 1. The molecule has 138 valence electrons. The first-order valence-corrected chi connectivity index (χ1v) is 9.19. The van der Waals surface area contributed by atoms with Crippen molar-refractivity contribution in [3.05, 3.63) is 54.4 Å². The Bertz CT molecular complexity index is 734. The van der Waals surface area contributed by atoms with Gasteiger partial charge in [0, 0.05) is 50.7 Å². The molecule has 0 unspecified atom stereocenters. The lowest BCUT2D eigenvalue weighted by atomic mass is 9.85. The van der Waals surface area contributed by atoms with Gasteiger partial charge in [-0.3, -0.25) is 9.79 Å². The van der Waals surface area contributed by atoms with Gasteiger partial charge in [0.15, 0.2) is 5.96 Å². The number of guanidine groups is 1. The van der Waals surface area contributed by atoms with Gasteiger partial charge in [-0.15, -0.1) is 0 Å². The summed E-state index contributed by atoms with van der Waals surface area (Å²) in [5.41, 5.74) is 1.96. The molecule has 1 fully saturated rings. The number of anilines is 1. The molecule has 3 N–H and O–H groups in total. The summed E-state index contributed by atoms with van der Waals surface area (Å²) in [6.07, 6.45) is 7.28. The van der Waals surface area contributed by atoms with Crippen molar-refractivity contribution in [1.29, 1.82) is 0 Å². The van der Waals surface area contributed by atoms with Crippen molar-refractivity contribution in [3.8, 4) is 0 Å². The minimum atomic E-state index is 0.142. The maximum absolute atomic E-state index is 12.1. The van der Waals surface area contributed by atoms with Gasteiger partial charge in [-0.1, -0.05) is 18.6 Å². The average molecular weight is 353 g/mol. The Morgan fingerprint density at radius 3 is 2.69 bits per heavy atom. The van der Waals surface area contributed by atoms with Crippen LogP contribution in [0.3, 0.4) is 0 Å². The maximum atomic E-state index is 12.1. The lowest BCUT2D eigenvalue weighted by molar-refractivity contribution is -0.122. The van der Waals surface area contributed by atoms with Crippen molar-refractivity contribution in [1.82, 2.24) is 15.2 Å². The summed E-state index contributed by atoms with van der Waals surface area (Å²) in [6.45, 7) is 2.33. The third-order valence-electron chi connectivity index (χ3n) is 4.68. The van der Waals surface area contributed by atoms with E-state index in [-0.39, 0.29) is 11.8 Å². The summed E-state index contributed by atoms with van der Waals surface area (Å²) in [5.74, 6) is 1.10. The summed E-state index contributed by atoms with van der Waals surface area (Å²) in [4.78, 5) is 16.3. The van der Waals surface area contributed by atoms with E-state index in [2.05, 4.69) is 25.5 Å². The second kappa shape index (κ2) is 9.08. The third kappa shape index (κ3) is 5.12. The molecule has 1 aliphatic carbocycles. The number of hydrogen-bond donors (Lipinski definition) is 3. The van der Waals surface area contributed by atoms with Gasteiger partial charge in [0.25, 0.3) is 0 Å². The van der Waals surface area contributed by atoms with Crippen LogP contribution in [0.25, 0.3) is 0 Å². The molecule has 1 amide bonds.